The zero-order valence-electron chi connectivity index (χ0n) is 7.19. The molecule has 1 aromatic heterocycles. The highest BCUT2D eigenvalue weighted by Crippen LogP contribution is 2.53. The molecule has 0 spiro atoms. The van der Waals surface area contributed by atoms with Crippen LogP contribution in [0.2, 0.25) is 0 Å². The van der Waals surface area contributed by atoms with E-state index in [1.165, 1.54) is 0 Å². The molecule has 66 valence electrons. The minimum atomic E-state index is 0.519. The van der Waals surface area contributed by atoms with Crippen molar-refractivity contribution in [3.05, 3.63) is 24.2 Å². The first-order chi connectivity index (χ1) is 5.77. The van der Waals surface area contributed by atoms with Gasteiger partial charge in [-0.05, 0) is 12.1 Å². The second kappa shape index (κ2) is 3.38. The standard InChI is InChI=1S/C9H12OS2/c1-6-7(2)12-9(11-6)8-4-3-5-10-8/h3-7,9H,1-2H3/t6-,7-/m0/s1. The van der Waals surface area contributed by atoms with Crippen molar-refractivity contribution in [2.24, 2.45) is 0 Å². The summed E-state index contributed by atoms with van der Waals surface area (Å²) < 4.78 is 5.89. The van der Waals surface area contributed by atoms with Crippen molar-refractivity contribution in [2.75, 3.05) is 0 Å². The van der Waals surface area contributed by atoms with E-state index in [9.17, 15) is 0 Å². The van der Waals surface area contributed by atoms with Crippen LogP contribution in [0.3, 0.4) is 0 Å². The van der Waals surface area contributed by atoms with Crippen molar-refractivity contribution >= 4 is 23.5 Å². The zero-order chi connectivity index (χ0) is 8.55. The minimum Gasteiger partial charge on any atom is -0.467 e. The summed E-state index contributed by atoms with van der Waals surface area (Å²) in [5, 5.41) is 1.48. The summed E-state index contributed by atoms with van der Waals surface area (Å²) in [4.78, 5) is 0. The Morgan fingerprint density at radius 3 is 2.42 bits per heavy atom. The lowest BCUT2D eigenvalue weighted by molar-refractivity contribution is 0.528. The molecule has 0 aliphatic carbocycles. The largest absolute Gasteiger partial charge is 0.467 e. The normalized spacial score (nSPS) is 31.2. The Morgan fingerprint density at radius 1 is 1.25 bits per heavy atom. The van der Waals surface area contributed by atoms with Crippen LogP contribution in [-0.4, -0.2) is 10.5 Å². The molecule has 1 aromatic rings. The average molecular weight is 200 g/mol. The molecule has 0 bridgehead atoms. The van der Waals surface area contributed by atoms with Crippen LogP contribution in [0.5, 0.6) is 0 Å². The molecule has 1 saturated heterocycles. The van der Waals surface area contributed by atoms with E-state index in [2.05, 4.69) is 19.9 Å². The fourth-order valence-corrected chi connectivity index (χ4v) is 4.65. The van der Waals surface area contributed by atoms with E-state index >= 15 is 0 Å². The van der Waals surface area contributed by atoms with Crippen molar-refractivity contribution in [3.8, 4) is 0 Å². The van der Waals surface area contributed by atoms with Crippen LogP contribution in [0, 0.1) is 0 Å². The molecule has 1 fully saturated rings. The van der Waals surface area contributed by atoms with Gasteiger partial charge in [-0.3, -0.25) is 0 Å². The predicted octanol–water partition coefficient (Wildman–Crippen LogP) is 3.54. The molecule has 0 amide bonds. The van der Waals surface area contributed by atoms with Crippen molar-refractivity contribution in [2.45, 2.75) is 28.9 Å². The van der Waals surface area contributed by atoms with Crippen LogP contribution in [-0.2, 0) is 0 Å². The number of thioether (sulfide) groups is 2. The summed E-state index contributed by atoms with van der Waals surface area (Å²) >= 11 is 4.00. The van der Waals surface area contributed by atoms with Gasteiger partial charge in [0.2, 0.25) is 0 Å². The molecule has 0 saturated carbocycles. The molecular formula is C9H12OS2. The van der Waals surface area contributed by atoms with Gasteiger partial charge in [0.25, 0.3) is 0 Å². The van der Waals surface area contributed by atoms with E-state index in [-0.39, 0.29) is 0 Å². The molecule has 0 unspecified atom stereocenters. The van der Waals surface area contributed by atoms with Crippen molar-refractivity contribution in [1.82, 2.24) is 0 Å². The lowest BCUT2D eigenvalue weighted by Gasteiger charge is -2.02. The summed E-state index contributed by atoms with van der Waals surface area (Å²) in [6, 6.07) is 4.03. The summed E-state index contributed by atoms with van der Waals surface area (Å²) in [5.74, 6) is 1.11. The van der Waals surface area contributed by atoms with Gasteiger partial charge in [-0.1, -0.05) is 13.8 Å². The van der Waals surface area contributed by atoms with E-state index in [1.807, 2.05) is 29.6 Å². The third kappa shape index (κ3) is 1.52. The molecule has 2 atom stereocenters. The first-order valence-corrected chi connectivity index (χ1v) is 6.00. The van der Waals surface area contributed by atoms with Gasteiger partial charge >= 0.3 is 0 Å². The smallest absolute Gasteiger partial charge is 0.126 e. The Labute approximate surface area is 81.3 Å². The first kappa shape index (κ1) is 8.57. The fraction of sp³-hybridized carbons (Fsp3) is 0.556. The van der Waals surface area contributed by atoms with Crippen LogP contribution >= 0.6 is 23.5 Å². The van der Waals surface area contributed by atoms with Crippen molar-refractivity contribution in [3.63, 3.8) is 0 Å². The van der Waals surface area contributed by atoms with Crippen LogP contribution < -0.4 is 0 Å². The van der Waals surface area contributed by atoms with Gasteiger partial charge in [0.15, 0.2) is 0 Å². The Balaban J connectivity index is 2.09. The maximum absolute atomic E-state index is 5.37. The van der Waals surface area contributed by atoms with Crippen LogP contribution in [0.4, 0.5) is 0 Å². The second-order valence-corrected chi connectivity index (χ2v) is 6.30. The summed E-state index contributed by atoms with van der Waals surface area (Å²) in [6.07, 6.45) is 1.75. The topological polar surface area (TPSA) is 13.1 Å². The molecule has 3 heteroatoms. The summed E-state index contributed by atoms with van der Waals surface area (Å²) in [5.41, 5.74) is 0. The lowest BCUT2D eigenvalue weighted by atomic mass is 10.4. The first-order valence-electron chi connectivity index (χ1n) is 4.11. The Kier molecular flexibility index (Phi) is 2.42. The Bertz CT molecular complexity index is 235. The quantitative estimate of drug-likeness (QED) is 0.688. The Morgan fingerprint density at radius 2 is 1.92 bits per heavy atom. The monoisotopic (exact) mass is 200 g/mol. The third-order valence-electron chi connectivity index (χ3n) is 2.11. The van der Waals surface area contributed by atoms with Crippen molar-refractivity contribution < 1.29 is 4.42 Å². The molecule has 0 aromatic carbocycles. The number of hydrogen-bond acceptors (Lipinski definition) is 3. The molecule has 0 radical (unpaired) electrons. The van der Waals surface area contributed by atoms with E-state index in [0.717, 1.165) is 16.3 Å². The van der Waals surface area contributed by atoms with Gasteiger partial charge in [-0.25, -0.2) is 0 Å². The SMILES string of the molecule is C[C@@H]1SC(c2ccco2)S[C@H]1C. The minimum absolute atomic E-state index is 0.519. The molecule has 2 rings (SSSR count). The van der Waals surface area contributed by atoms with Crippen molar-refractivity contribution in [1.29, 1.82) is 0 Å². The van der Waals surface area contributed by atoms with Gasteiger partial charge < -0.3 is 4.42 Å². The van der Waals surface area contributed by atoms with E-state index < -0.39 is 0 Å². The number of rotatable bonds is 1. The van der Waals surface area contributed by atoms with Gasteiger partial charge in [0.1, 0.15) is 10.3 Å². The fourth-order valence-electron chi connectivity index (χ4n) is 1.20. The molecule has 1 aliphatic heterocycles. The third-order valence-corrected chi connectivity index (χ3v) is 5.59. The van der Waals surface area contributed by atoms with Gasteiger partial charge in [0, 0.05) is 10.5 Å². The zero-order valence-corrected chi connectivity index (χ0v) is 8.82. The predicted molar refractivity (Wildman–Crippen MR) is 55.6 cm³/mol. The van der Waals surface area contributed by atoms with E-state index in [4.69, 9.17) is 4.42 Å². The Hall–Kier alpha value is -0.0200. The van der Waals surface area contributed by atoms with E-state index in [0.29, 0.717) is 4.58 Å². The summed E-state index contributed by atoms with van der Waals surface area (Å²) in [6.45, 7) is 4.57. The molecule has 12 heavy (non-hydrogen) atoms. The molecule has 2 heterocycles. The maximum atomic E-state index is 5.37. The number of furan rings is 1. The summed E-state index contributed by atoms with van der Waals surface area (Å²) in [7, 11) is 0. The average Bonchev–Trinajstić information content (AvgIpc) is 2.61. The highest BCUT2D eigenvalue weighted by atomic mass is 32.2. The second-order valence-electron chi connectivity index (χ2n) is 3.03. The van der Waals surface area contributed by atoms with E-state index in [1.54, 1.807) is 6.26 Å². The lowest BCUT2D eigenvalue weighted by Crippen LogP contribution is -2.04. The van der Waals surface area contributed by atoms with Gasteiger partial charge in [-0.15, -0.1) is 23.5 Å². The van der Waals surface area contributed by atoms with Gasteiger partial charge in [0.05, 0.1) is 6.26 Å². The van der Waals surface area contributed by atoms with Crippen LogP contribution in [0.25, 0.3) is 0 Å². The van der Waals surface area contributed by atoms with Gasteiger partial charge in [-0.2, -0.15) is 0 Å². The molecular weight excluding hydrogens is 188 g/mol. The maximum Gasteiger partial charge on any atom is 0.126 e. The van der Waals surface area contributed by atoms with Crippen LogP contribution in [0.1, 0.15) is 24.2 Å². The number of hydrogen-bond donors (Lipinski definition) is 0. The molecule has 0 N–H and O–H groups in total. The highest BCUT2D eigenvalue weighted by molar-refractivity contribution is 8.20. The highest BCUT2D eigenvalue weighted by Gasteiger charge is 2.31. The molecule has 1 aliphatic rings. The van der Waals surface area contributed by atoms with Crippen LogP contribution in [0.15, 0.2) is 22.8 Å². The molecule has 1 nitrogen and oxygen atoms in total.